The Hall–Kier alpha value is -1.85. The summed E-state index contributed by atoms with van der Waals surface area (Å²) in [7, 11) is 0. The third kappa shape index (κ3) is 4.58. The molecule has 0 aliphatic rings. The van der Waals surface area contributed by atoms with Gasteiger partial charge in [0.2, 0.25) is 0 Å². The number of anilines is 1. The molecule has 0 aliphatic carbocycles. The minimum absolute atomic E-state index is 0.158. The quantitative estimate of drug-likeness (QED) is 0.790. The zero-order valence-corrected chi connectivity index (χ0v) is 13.2. The highest BCUT2D eigenvalue weighted by Crippen LogP contribution is 2.19. The van der Waals surface area contributed by atoms with Gasteiger partial charge in [-0.25, -0.2) is 4.79 Å². The van der Waals surface area contributed by atoms with Crippen molar-refractivity contribution in [1.82, 2.24) is 5.32 Å². The molecule has 0 fully saturated rings. The first-order chi connectivity index (χ1) is 10.1. The van der Waals surface area contributed by atoms with Gasteiger partial charge < -0.3 is 15.7 Å². The lowest BCUT2D eigenvalue weighted by atomic mass is 10.1. The molecule has 110 valence electrons. The number of hydrogen-bond acceptors (Lipinski definition) is 2. The number of aryl methyl sites for hydroxylation is 1. The summed E-state index contributed by atoms with van der Waals surface area (Å²) in [6.07, 6.45) is -0.719. The molecule has 3 N–H and O–H groups in total. The van der Waals surface area contributed by atoms with Crippen LogP contribution in [-0.2, 0) is 0 Å². The van der Waals surface area contributed by atoms with Crippen LogP contribution in [-0.4, -0.2) is 17.7 Å². The Morgan fingerprint density at radius 1 is 1.24 bits per heavy atom. The Labute approximate surface area is 132 Å². The second-order valence-corrected chi connectivity index (χ2v) is 5.58. The Balaban J connectivity index is 1.86. The topological polar surface area (TPSA) is 61.4 Å². The molecule has 0 aliphatic heterocycles. The highest BCUT2D eigenvalue weighted by atomic mass is 79.9. The fourth-order valence-corrected chi connectivity index (χ4v) is 2.13. The van der Waals surface area contributed by atoms with Crippen LogP contribution in [0.4, 0.5) is 10.5 Å². The van der Waals surface area contributed by atoms with E-state index >= 15 is 0 Å². The standard InChI is InChI=1S/C16H17BrN2O2/c1-11-9-13(7-8-14(11)17)19-16(21)18-10-15(20)12-5-3-2-4-6-12/h2-9,15,20H,10H2,1H3,(H2,18,19,21). The van der Waals surface area contributed by atoms with Gasteiger partial charge in [0.05, 0.1) is 6.10 Å². The van der Waals surface area contributed by atoms with E-state index in [4.69, 9.17) is 0 Å². The van der Waals surface area contributed by atoms with Crippen LogP contribution in [0.1, 0.15) is 17.2 Å². The van der Waals surface area contributed by atoms with Gasteiger partial charge in [0.25, 0.3) is 0 Å². The number of benzene rings is 2. The zero-order valence-electron chi connectivity index (χ0n) is 11.6. The van der Waals surface area contributed by atoms with Crippen LogP contribution in [0, 0.1) is 6.92 Å². The molecular weight excluding hydrogens is 332 g/mol. The van der Waals surface area contributed by atoms with Crippen LogP contribution in [0.2, 0.25) is 0 Å². The third-order valence-corrected chi connectivity index (χ3v) is 3.95. The number of amides is 2. The number of rotatable bonds is 4. The van der Waals surface area contributed by atoms with Gasteiger partial charge in [0.1, 0.15) is 0 Å². The lowest BCUT2D eigenvalue weighted by molar-refractivity contribution is 0.175. The van der Waals surface area contributed by atoms with Gasteiger partial charge in [-0.1, -0.05) is 46.3 Å². The monoisotopic (exact) mass is 348 g/mol. The van der Waals surface area contributed by atoms with Crippen LogP contribution in [0.5, 0.6) is 0 Å². The lowest BCUT2D eigenvalue weighted by Gasteiger charge is -2.13. The third-order valence-electron chi connectivity index (χ3n) is 3.06. The van der Waals surface area contributed by atoms with Crippen LogP contribution in [0.3, 0.4) is 0 Å². The normalized spacial score (nSPS) is 11.8. The van der Waals surface area contributed by atoms with E-state index < -0.39 is 6.10 Å². The summed E-state index contributed by atoms with van der Waals surface area (Å²) in [6, 6.07) is 14.4. The summed E-state index contributed by atoms with van der Waals surface area (Å²) >= 11 is 3.41. The number of carbonyl (C=O) groups is 1. The first-order valence-corrected chi connectivity index (χ1v) is 7.39. The van der Waals surface area contributed by atoms with Crippen molar-refractivity contribution in [2.24, 2.45) is 0 Å². The second-order valence-electron chi connectivity index (χ2n) is 4.73. The minimum Gasteiger partial charge on any atom is -0.387 e. The van der Waals surface area contributed by atoms with Crippen molar-refractivity contribution in [2.75, 3.05) is 11.9 Å². The Morgan fingerprint density at radius 2 is 1.95 bits per heavy atom. The van der Waals surface area contributed by atoms with Crippen LogP contribution in [0.15, 0.2) is 53.0 Å². The van der Waals surface area contributed by atoms with Crippen molar-refractivity contribution in [3.63, 3.8) is 0 Å². The number of hydrogen-bond donors (Lipinski definition) is 3. The van der Waals surface area contributed by atoms with Gasteiger partial charge in [-0.3, -0.25) is 0 Å². The molecule has 1 atom stereocenters. The minimum atomic E-state index is -0.719. The highest BCUT2D eigenvalue weighted by molar-refractivity contribution is 9.10. The second kappa shape index (κ2) is 7.24. The fraction of sp³-hybridized carbons (Fsp3) is 0.188. The van der Waals surface area contributed by atoms with Crippen LogP contribution >= 0.6 is 15.9 Å². The van der Waals surface area contributed by atoms with Gasteiger partial charge >= 0.3 is 6.03 Å². The van der Waals surface area contributed by atoms with Crippen LogP contribution < -0.4 is 10.6 Å². The molecule has 4 nitrogen and oxygen atoms in total. The van der Waals surface area contributed by atoms with Crippen molar-refractivity contribution < 1.29 is 9.90 Å². The average Bonchev–Trinajstić information content (AvgIpc) is 2.49. The van der Waals surface area contributed by atoms with Crippen molar-refractivity contribution in [2.45, 2.75) is 13.0 Å². The van der Waals surface area contributed by atoms with Gasteiger partial charge in [-0.05, 0) is 36.2 Å². The van der Waals surface area contributed by atoms with E-state index in [1.165, 1.54) is 0 Å². The molecule has 1 unspecified atom stereocenters. The van der Waals surface area contributed by atoms with E-state index in [1.54, 1.807) is 0 Å². The zero-order chi connectivity index (χ0) is 15.2. The molecule has 0 heterocycles. The molecule has 0 aromatic heterocycles. The van der Waals surface area contributed by atoms with Crippen molar-refractivity contribution in [1.29, 1.82) is 0 Å². The van der Waals surface area contributed by atoms with Gasteiger partial charge in [0, 0.05) is 16.7 Å². The summed E-state index contributed by atoms with van der Waals surface area (Å²) in [4.78, 5) is 11.8. The molecule has 2 amide bonds. The fourth-order valence-electron chi connectivity index (χ4n) is 1.88. The Bertz CT molecular complexity index is 617. The predicted octanol–water partition coefficient (Wildman–Crippen LogP) is 3.61. The van der Waals surface area contributed by atoms with E-state index in [2.05, 4.69) is 26.6 Å². The first kappa shape index (κ1) is 15.5. The van der Waals surface area contributed by atoms with E-state index in [0.717, 1.165) is 15.6 Å². The number of nitrogens with one attached hydrogen (secondary N) is 2. The molecule has 0 spiro atoms. The summed E-state index contributed by atoms with van der Waals surface area (Å²) in [5, 5.41) is 15.4. The molecule has 21 heavy (non-hydrogen) atoms. The van der Waals surface area contributed by atoms with Crippen molar-refractivity contribution in [3.05, 3.63) is 64.1 Å². The van der Waals surface area contributed by atoms with E-state index in [-0.39, 0.29) is 12.6 Å². The Kier molecular flexibility index (Phi) is 5.36. The number of urea groups is 1. The molecule has 2 aromatic carbocycles. The summed E-state index contributed by atoms with van der Waals surface area (Å²) in [6.45, 7) is 2.11. The van der Waals surface area contributed by atoms with Crippen LogP contribution in [0.25, 0.3) is 0 Å². The number of aliphatic hydroxyl groups is 1. The molecule has 0 bridgehead atoms. The molecule has 2 aromatic rings. The molecule has 0 radical (unpaired) electrons. The lowest BCUT2D eigenvalue weighted by Crippen LogP contribution is -2.32. The summed E-state index contributed by atoms with van der Waals surface area (Å²) in [5.74, 6) is 0. The number of aliphatic hydroxyl groups excluding tert-OH is 1. The predicted molar refractivity (Wildman–Crippen MR) is 87.3 cm³/mol. The smallest absolute Gasteiger partial charge is 0.319 e. The number of carbonyl (C=O) groups excluding carboxylic acids is 1. The van der Waals surface area contributed by atoms with Crippen molar-refractivity contribution >= 4 is 27.6 Å². The molecule has 0 saturated carbocycles. The van der Waals surface area contributed by atoms with Crippen molar-refractivity contribution in [3.8, 4) is 0 Å². The maximum absolute atomic E-state index is 11.8. The largest absolute Gasteiger partial charge is 0.387 e. The van der Waals surface area contributed by atoms with E-state index in [0.29, 0.717) is 5.69 Å². The maximum Gasteiger partial charge on any atom is 0.319 e. The maximum atomic E-state index is 11.8. The summed E-state index contributed by atoms with van der Waals surface area (Å²) in [5.41, 5.74) is 2.52. The average molecular weight is 349 g/mol. The van der Waals surface area contributed by atoms with Gasteiger partial charge in [-0.15, -0.1) is 0 Å². The number of halogens is 1. The molecular formula is C16H17BrN2O2. The summed E-state index contributed by atoms with van der Waals surface area (Å²) < 4.78 is 0.993. The van der Waals surface area contributed by atoms with E-state index in [1.807, 2.05) is 55.5 Å². The molecule has 5 heteroatoms. The SMILES string of the molecule is Cc1cc(NC(=O)NCC(O)c2ccccc2)ccc1Br. The molecule has 0 saturated heterocycles. The first-order valence-electron chi connectivity index (χ1n) is 6.60. The van der Waals surface area contributed by atoms with Gasteiger partial charge in [-0.2, -0.15) is 0 Å². The van der Waals surface area contributed by atoms with E-state index in [9.17, 15) is 9.90 Å². The highest BCUT2D eigenvalue weighted by Gasteiger charge is 2.09. The molecule has 2 rings (SSSR count). The van der Waals surface area contributed by atoms with Gasteiger partial charge in [0.15, 0.2) is 0 Å². The Morgan fingerprint density at radius 3 is 2.62 bits per heavy atom.